The van der Waals surface area contributed by atoms with Crippen LogP contribution in [0.25, 0.3) is 11.0 Å². The molecule has 1 heterocycles. The van der Waals surface area contributed by atoms with Gasteiger partial charge in [-0.1, -0.05) is 22.0 Å². The van der Waals surface area contributed by atoms with Crippen molar-refractivity contribution in [1.82, 2.24) is 20.4 Å². The van der Waals surface area contributed by atoms with Crippen LogP contribution in [0.5, 0.6) is 5.75 Å². The van der Waals surface area contributed by atoms with E-state index in [4.69, 9.17) is 4.74 Å². The van der Waals surface area contributed by atoms with E-state index in [-0.39, 0.29) is 0 Å². The standard InChI is InChI=1S/C19H19BrN4O3/c1-11(27-15-6-4-5-14(20)10-15)18(25)22-23-19(26)13-7-8-17-16(9-13)21-12(2)24(17)3/h4-11H,1-3H3,(H,22,25)(H,23,26)/t11-/m1/s1. The number of imidazole rings is 1. The highest BCUT2D eigenvalue weighted by Gasteiger charge is 2.16. The van der Waals surface area contributed by atoms with Gasteiger partial charge in [0.1, 0.15) is 11.6 Å². The van der Waals surface area contributed by atoms with Crippen molar-refractivity contribution in [3.05, 3.63) is 58.3 Å². The minimum absolute atomic E-state index is 0.404. The van der Waals surface area contributed by atoms with Crippen LogP contribution < -0.4 is 15.6 Å². The van der Waals surface area contributed by atoms with Gasteiger partial charge in [0.15, 0.2) is 6.10 Å². The second kappa shape index (κ2) is 7.79. The van der Waals surface area contributed by atoms with Crippen molar-refractivity contribution < 1.29 is 14.3 Å². The fourth-order valence-corrected chi connectivity index (χ4v) is 2.93. The lowest BCUT2D eigenvalue weighted by Gasteiger charge is -2.15. The number of hydrazine groups is 1. The van der Waals surface area contributed by atoms with E-state index in [0.717, 1.165) is 21.3 Å². The first kappa shape index (κ1) is 18.9. The SMILES string of the molecule is Cc1nc2cc(C(=O)NNC(=O)[C@@H](C)Oc3cccc(Br)c3)ccc2n1C. The van der Waals surface area contributed by atoms with Crippen LogP contribution in [0.3, 0.4) is 0 Å². The molecule has 1 atom stereocenters. The van der Waals surface area contributed by atoms with Crippen molar-refractivity contribution >= 4 is 38.8 Å². The highest BCUT2D eigenvalue weighted by atomic mass is 79.9. The molecule has 0 saturated heterocycles. The summed E-state index contributed by atoms with van der Waals surface area (Å²) in [5.74, 6) is 0.519. The number of amides is 2. The van der Waals surface area contributed by atoms with E-state index in [1.807, 2.05) is 30.7 Å². The molecule has 1 aromatic heterocycles. The Morgan fingerprint density at radius 3 is 2.70 bits per heavy atom. The number of aromatic nitrogens is 2. The summed E-state index contributed by atoms with van der Waals surface area (Å²) < 4.78 is 8.35. The number of carbonyl (C=O) groups excluding carboxylic acids is 2. The number of fused-ring (bicyclic) bond motifs is 1. The van der Waals surface area contributed by atoms with Crippen LogP contribution in [0.15, 0.2) is 46.9 Å². The summed E-state index contributed by atoms with van der Waals surface area (Å²) in [7, 11) is 1.91. The molecule has 0 aliphatic carbocycles. The minimum Gasteiger partial charge on any atom is -0.481 e. The summed E-state index contributed by atoms with van der Waals surface area (Å²) in [5, 5.41) is 0. The molecule has 0 radical (unpaired) electrons. The molecule has 0 fully saturated rings. The normalized spacial score (nSPS) is 11.9. The number of hydrogen-bond acceptors (Lipinski definition) is 4. The number of ether oxygens (including phenoxy) is 1. The largest absolute Gasteiger partial charge is 0.481 e. The Morgan fingerprint density at radius 2 is 1.96 bits per heavy atom. The monoisotopic (exact) mass is 430 g/mol. The van der Waals surface area contributed by atoms with Gasteiger partial charge in [0.05, 0.1) is 11.0 Å². The smallest absolute Gasteiger partial charge is 0.279 e. The molecule has 0 aliphatic rings. The number of nitrogens with zero attached hydrogens (tertiary/aromatic N) is 2. The molecule has 27 heavy (non-hydrogen) atoms. The number of aryl methyl sites for hydroxylation is 2. The van der Waals surface area contributed by atoms with E-state index in [1.165, 1.54) is 0 Å². The van der Waals surface area contributed by atoms with E-state index >= 15 is 0 Å². The zero-order valence-corrected chi connectivity index (χ0v) is 16.7. The lowest BCUT2D eigenvalue weighted by Crippen LogP contribution is -2.47. The number of halogens is 1. The molecule has 2 aromatic carbocycles. The fraction of sp³-hybridized carbons (Fsp3) is 0.211. The van der Waals surface area contributed by atoms with Crippen LogP contribution in [0.2, 0.25) is 0 Å². The Morgan fingerprint density at radius 1 is 1.19 bits per heavy atom. The second-order valence-corrected chi connectivity index (χ2v) is 7.00. The van der Waals surface area contributed by atoms with Crippen molar-refractivity contribution in [3.63, 3.8) is 0 Å². The number of nitrogens with one attached hydrogen (secondary N) is 2. The highest BCUT2D eigenvalue weighted by molar-refractivity contribution is 9.10. The minimum atomic E-state index is -0.777. The van der Waals surface area contributed by atoms with Crippen LogP contribution >= 0.6 is 15.9 Å². The van der Waals surface area contributed by atoms with Gasteiger partial charge >= 0.3 is 0 Å². The Labute approximate surface area is 164 Å². The van der Waals surface area contributed by atoms with Gasteiger partial charge in [-0.2, -0.15) is 0 Å². The van der Waals surface area contributed by atoms with Crippen molar-refractivity contribution in [2.45, 2.75) is 20.0 Å². The van der Waals surface area contributed by atoms with Gasteiger partial charge in [-0.25, -0.2) is 4.98 Å². The summed E-state index contributed by atoms with van der Waals surface area (Å²) in [4.78, 5) is 28.9. The third-order valence-electron chi connectivity index (χ3n) is 4.14. The van der Waals surface area contributed by atoms with Crippen molar-refractivity contribution in [3.8, 4) is 5.75 Å². The maximum Gasteiger partial charge on any atom is 0.279 e. The molecule has 0 unspecified atom stereocenters. The topological polar surface area (TPSA) is 85.2 Å². The summed E-state index contributed by atoms with van der Waals surface area (Å²) in [6.07, 6.45) is -0.777. The first-order chi connectivity index (χ1) is 12.8. The average molecular weight is 431 g/mol. The number of hydrogen-bond donors (Lipinski definition) is 2. The Kier molecular flexibility index (Phi) is 5.46. The highest BCUT2D eigenvalue weighted by Crippen LogP contribution is 2.19. The van der Waals surface area contributed by atoms with E-state index in [2.05, 4.69) is 31.8 Å². The average Bonchev–Trinajstić information content (AvgIpc) is 2.92. The molecule has 3 rings (SSSR count). The third-order valence-corrected chi connectivity index (χ3v) is 4.64. The predicted molar refractivity (Wildman–Crippen MR) is 105 cm³/mol. The summed E-state index contributed by atoms with van der Waals surface area (Å²) in [6, 6.07) is 12.4. The zero-order chi connectivity index (χ0) is 19.6. The van der Waals surface area contributed by atoms with Crippen LogP contribution in [-0.2, 0) is 11.8 Å². The number of benzene rings is 2. The first-order valence-electron chi connectivity index (χ1n) is 8.30. The van der Waals surface area contributed by atoms with E-state index in [1.54, 1.807) is 37.3 Å². The van der Waals surface area contributed by atoms with E-state index in [9.17, 15) is 9.59 Å². The lowest BCUT2D eigenvalue weighted by atomic mass is 10.2. The molecule has 140 valence electrons. The van der Waals surface area contributed by atoms with Crippen LogP contribution in [0.4, 0.5) is 0 Å². The maximum atomic E-state index is 12.3. The lowest BCUT2D eigenvalue weighted by molar-refractivity contribution is -0.128. The number of carbonyl (C=O) groups is 2. The Hall–Kier alpha value is -2.87. The van der Waals surface area contributed by atoms with Gasteiger partial charge < -0.3 is 9.30 Å². The second-order valence-electron chi connectivity index (χ2n) is 6.08. The van der Waals surface area contributed by atoms with Crippen LogP contribution in [-0.4, -0.2) is 27.5 Å². The van der Waals surface area contributed by atoms with Gasteiger partial charge in [0.2, 0.25) is 0 Å². The van der Waals surface area contributed by atoms with Gasteiger partial charge in [-0.15, -0.1) is 0 Å². The maximum absolute atomic E-state index is 12.3. The fourth-order valence-electron chi connectivity index (χ4n) is 2.55. The van der Waals surface area contributed by atoms with Gasteiger partial charge in [0, 0.05) is 17.1 Å². The quantitative estimate of drug-likeness (QED) is 0.623. The van der Waals surface area contributed by atoms with Crippen molar-refractivity contribution in [2.75, 3.05) is 0 Å². The van der Waals surface area contributed by atoms with Crippen LogP contribution in [0, 0.1) is 6.92 Å². The Bertz CT molecular complexity index is 1020. The molecular weight excluding hydrogens is 412 g/mol. The molecule has 0 spiro atoms. The first-order valence-corrected chi connectivity index (χ1v) is 9.10. The summed E-state index contributed by atoms with van der Waals surface area (Å²) >= 11 is 3.34. The van der Waals surface area contributed by atoms with Gasteiger partial charge in [-0.05, 0) is 50.2 Å². The molecule has 0 aliphatic heterocycles. The molecule has 3 aromatic rings. The van der Waals surface area contributed by atoms with Crippen molar-refractivity contribution in [1.29, 1.82) is 0 Å². The predicted octanol–water partition coefficient (Wildman–Crippen LogP) is 2.87. The molecule has 0 saturated carbocycles. The number of rotatable bonds is 4. The molecular formula is C19H19BrN4O3. The molecule has 0 bridgehead atoms. The van der Waals surface area contributed by atoms with Crippen LogP contribution in [0.1, 0.15) is 23.1 Å². The third kappa shape index (κ3) is 4.28. The molecule has 7 nitrogen and oxygen atoms in total. The van der Waals surface area contributed by atoms with Gasteiger partial charge in [-0.3, -0.25) is 20.4 Å². The van der Waals surface area contributed by atoms with E-state index < -0.39 is 17.9 Å². The van der Waals surface area contributed by atoms with Crippen molar-refractivity contribution in [2.24, 2.45) is 7.05 Å². The van der Waals surface area contributed by atoms with E-state index in [0.29, 0.717) is 11.3 Å². The molecule has 2 amide bonds. The van der Waals surface area contributed by atoms with Gasteiger partial charge in [0.25, 0.3) is 11.8 Å². The summed E-state index contributed by atoms with van der Waals surface area (Å²) in [5.41, 5.74) is 6.84. The zero-order valence-electron chi connectivity index (χ0n) is 15.1. The summed E-state index contributed by atoms with van der Waals surface area (Å²) in [6.45, 7) is 3.50. The molecule has 2 N–H and O–H groups in total. The Balaban J connectivity index is 1.60. The molecule has 8 heteroatoms.